The molecule has 0 radical (unpaired) electrons. The van der Waals surface area contributed by atoms with Crippen LogP contribution in [0.1, 0.15) is 52.7 Å². The molecule has 0 spiro atoms. The van der Waals surface area contributed by atoms with Crippen molar-refractivity contribution in [1.29, 1.82) is 0 Å². The van der Waals surface area contributed by atoms with E-state index in [0.29, 0.717) is 54.1 Å². The van der Waals surface area contributed by atoms with Gasteiger partial charge in [0.25, 0.3) is 5.91 Å². The smallest absolute Gasteiger partial charge is 0.254 e. The topological polar surface area (TPSA) is 87.7 Å². The van der Waals surface area contributed by atoms with Crippen molar-refractivity contribution in [3.8, 4) is 11.3 Å². The number of rotatable bonds is 5. The zero-order valence-electron chi connectivity index (χ0n) is 21.6. The molecule has 39 heavy (non-hydrogen) atoms. The molecule has 200 valence electrons. The van der Waals surface area contributed by atoms with Crippen LogP contribution in [-0.4, -0.2) is 62.9 Å². The van der Waals surface area contributed by atoms with E-state index in [-0.39, 0.29) is 24.4 Å². The average molecular weight is 544 g/mol. The molecule has 2 atom stereocenters. The Morgan fingerprint density at radius 3 is 2.67 bits per heavy atom. The second-order valence-corrected chi connectivity index (χ2v) is 11.4. The highest BCUT2D eigenvalue weighted by Crippen LogP contribution is 2.35. The van der Waals surface area contributed by atoms with Crippen molar-refractivity contribution < 1.29 is 14.3 Å². The fraction of sp³-hybridized carbons (Fsp3) is 0.400. The van der Waals surface area contributed by atoms with E-state index in [1.54, 1.807) is 11.1 Å². The molecule has 2 aromatic carbocycles. The van der Waals surface area contributed by atoms with E-state index in [2.05, 4.69) is 22.4 Å². The number of hydrogen-bond donors (Lipinski definition) is 1. The molecular weight excluding hydrogens is 514 g/mol. The maximum atomic E-state index is 13.3. The van der Waals surface area contributed by atoms with E-state index in [1.165, 1.54) is 11.1 Å². The van der Waals surface area contributed by atoms with E-state index in [1.807, 2.05) is 35.2 Å². The minimum absolute atomic E-state index is 0.0259. The predicted octanol–water partition coefficient (Wildman–Crippen LogP) is 4.46. The van der Waals surface area contributed by atoms with Crippen molar-refractivity contribution in [2.24, 2.45) is 0 Å². The molecule has 0 aliphatic carbocycles. The minimum atomic E-state index is -0.140. The number of benzene rings is 2. The van der Waals surface area contributed by atoms with Crippen LogP contribution < -0.4 is 5.32 Å². The fourth-order valence-electron chi connectivity index (χ4n) is 6.41. The number of nitrogens with zero attached hydrogens (tertiary/aromatic N) is 4. The third kappa shape index (κ3) is 4.76. The predicted molar refractivity (Wildman–Crippen MR) is 147 cm³/mol. The zero-order chi connectivity index (χ0) is 26.5. The van der Waals surface area contributed by atoms with Crippen molar-refractivity contribution in [3.63, 3.8) is 0 Å². The van der Waals surface area contributed by atoms with Gasteiger partial charge in [-0.05, 0) is 54.9 Å². The first kappa shape index (κ1) is 24.5. The largest absolute Gasteiger partial charge is 0.375 e. The molecule has 0 saturated carbocycles. The highest BCUT2D eigenvalue weighted by molar-refractivity contribution is 6.33. The molecule has 8 nitrogen and oxygen atoms in total. The minimum Gasteiger partial charge on any atom is -0.375 e. The number of hydrogen-bond acceptors (Lipinski definition) is 6. The molecule has 5 heterocycles. The Balaban J connectivity index is 1.05. The number of carbonyl (C=O) groups is 2. The molecule has 2 unspecified atom stereocenters. The number of ether oxygens (including phenoxy) is 1. The summed E-state index contributed by atoms with van der Waals surface area (Å²) in [5, 5.41) is 3.89. The van der Waals surface area contributed by atoms with Gasteiger partial charge in [0.05, 0.1) is 29.1 Å². The number of carbonyl (C=O) groups excluding carboxylic acids is 2. The van der Waals surface area contributed by atoms with Crippen molar-refractivity contribution in [2.75, 3.05) is 18.4 Å². The molecule has 2 bridgehead atoms. The van der Waals surface area contributed by atoms with Crippen LogP contribution in [0.5, 0.6) is 0 Å². The SMILES string of the molecule is O=C(CN1Cc2ccc(-c3nc(NC4CC5CCC(C4)O5)ncc3Cl)cc2C1=O)N1CCc2ccccc2C1. The van der Waals surface area contributed by atoms with Gasteiger partial charge in [0, 0.05) is 36.8 Å². The molecule has 1 aromatic heterocycles. The van der Waals surface area contributed by atoms with Crippen LogP contribution >= 0.6 is 11.6 Å². The maximum absolute atomic E-state index is 13.3. The van der Waals surface area contributed by atoms with E-state index < -0.39 is 0 Å². The van der Waals surface area contributed by atoms with E-state index in [4.69, 9.17) is 21.3 Å². The van der Waals surface area contributed by atoms with Gasteiger partial charge in [-0.2, -0.15) is 0 Å². The summed E-state index contributed by atoms with van der Waals surface area (Å²) in [5.41, 5.74) is 5.31. The lowest BCUT2D eigenvalue weighted by molar-refractivity contribution is -0.132. The van der Waals surface area contributed by atoms with Gasteiger partial charge in [-0.15, -0.1) is 0 Å². The summed E-state index contributed by atoms with van der Waals surface area (Å²) in [6.07, 6.45) is 7.21. The van der Waals surface area contributed by atoms with E-state index >= 15 is 0 Å². The molecule has 2 amide bonds. The molecule has 3 aromatic rings. The van der Waals surface area contributed by atoms with Crippen LogP contribution in [0.4, 0.5) is 5.95 Å². The number of aromatic nitrogens is 2. The van der Waals surface area contributed by atoms with Gasteiger partial charge >= 0.3 is 0 Å². The maximum Gasteiger partial charge on any atom is 0.254 e. The number of amides is 2. The average Bonchev–Trinajstić information content (AvgIpc) is 3.46. The van der Waals surface area contributed by atoms with Gasteiger partial charge in [0.1, 0.15) is 6.54 Å². The summed E-state index contributed by atoms with van der Waals surface area (Å²) in [6, 6.07) is 14.2. The molecule has 7 rings (SSSR count). The molecule has 9 heteroatoms. The summed E-state index contributed by atoms with van der Waals surface area (Å²) >= 11 is 6.52. The highest BCUT2D eigenvalue weighted by atomic mass is 35.5. The van der Waals surface area contributed by atoms with Gasteiger partial charge in [-0.3, -0.25) is 9.59 Å². The van der Waals surface area contributed by atoms with Crippen molar-refractivity contribution >= 4 is 29.4 Å². The summed E-state index contributed by atoms with van der Waals surface area (Å²) in [6.45, 7) is 1.75. The van der Waals surface area contributed by atoms with Crippen molar-refractivity contribution in [1.82, 2.24) is 19.8 Å². The third-order valence-electron chi connectivity index (χ3n) is 8.44. The summed E-state index contributed by atoms with van der Waals surface area (Å²) in [4.78, 5) is 39.1. The molecule has 2 fully saturated rings. The van der Waals surface area contributed by atoms with E-state index in [0.717, 1.165) is 43.2 Å². The lowest BCUT2D eigenvalue weighted by Crippen LogP contribution is -2.42. The zero-order valence-corrected chi connectivity index (χ0v) is 22.4. The normalized spacial score (nSPS) is 23.5. The monoisotopic (exact) mass is 543 g/mol. The summed E-state index contributed by atoms with van der Waals surface area (Å²) in [5.74, 6) is 0.365. The highest BCUT2D eigenvalue weighted by Gasteiger charge is 2.35. The van der Waals surface area contributed by atoms with Gasteiger partial charge < -0.3 is 19.9 Å². The second kappa shape index (κ2) is 9.92. The second-order valence-electron chi connectivity index (χ2n) is 11.0. The Labute approximate surface area is 232 Å². The Kier molecular flexibility index (Phi) is 6.24. The van der Waals surface area contributed by atoms with Gasteiger partial charge in [0.15, 0.2) is 0 Å². The Bertz CT molecular complexity index is 1450. The third-order valence-corrected chi connectivity index (χ3v) is 8.72. The number of halogens is 1. The van der Waals surface area contributed by atoms with E-state index in [9.17, 15) is 9.59 Å². The molecule has 4 aliphatic heterocycles. The number of nitrogens with one attached hydrogen (secondary N) is 1. The van der Waals surface area contributed by atoms with Crippen LogP contribution in [0.3, 0.4) is 0 Å². The Morgan fingerprint density at radius 2 is 1.85 bits per heavy atom. The molecule has 4 aliphatic rings. The quantitative estimate of drug-likeness (QED) is 0.511. The number of anilines is 1. The summed E-state index contributed by atoms with van der Waals surface area (Å²) in [7, 11) is 0. The first-order valence-corrected chi connectivity index (χ1v) is 14.1. The van der Waals surface area contributed by atoms with Gasteiger partial charge in [-0.1, -0.05) is 48.0 Å². The molecule has 1 N–H and O–H groups in total. The van der Waals surface area contributed by atoms with Crippen LogP contribution in [-0.2, 0) is 29.0 Å². The van der Waals surface area contributed by atoms with Crippen molar-refractivity contribution in [3.05, 3.63) is 75.9 Å². The Hall–Kier alpha value is -3.49. The standard InChI is InChI=1S/C30H30ClN5O3/c31-26-14-32-30(33-22-12-23-7-8-24(13-22)39-23)34-28(26)19-5-6-21-16-36(29(38)25(21)11-19)17-27(37)35-10-9-18-3-1-2-4-20(18)15-35/h1-6,11,14,22-24H,7-10,12-13,15-17H2,(H,32,33,34). The van der Waals surface area contributed by atoms with Crippen LogP contribution in [0.25, 0.3) is 11.3 Å². The molecular formula is C30H30ClN5O3. The fourth-order valence-corrected chi connectivity index (χ4v) is 6.61. The van der Waals surface area contributed by atoms with Gasteiger partial charge in [-0.25, -0.2) is 9.97 Å². The van der Waals surface area contributed by atoms with Crippen molar-refractivity contribution in [2.45, 2.75) is 63.4 Å². The van der Waals surface area contributed by atoms with Crippen LogP contribution in [0.2, 0.25) is 5.02 Å². The number of fused-ring (bicyclic) bond motifs is 4. The first-order chi connectivity index (χ1) is 19.0. The Morgan fingerprint density at radius 1 is 1.05 bits per heavy atom. The molecule has 2 saturated heterocycles. The first-order valence-electron chi connectivity index (χ1n) is 13.7. The van der Waals surface area contributed by atoms with Crippen LogP contribution in [0, 0.1) is 0 Å². The van der Waals surface area contributed by atoms with Crippen LogP contribution in [0.15, 0.2) is 48.7 Å². The lowest BCUT2D eigenvalue weighted by atomic mass is 10.00. The van der Waals surface area contributed by atoms with Gasteiger partial charge in [0.2, 0.25) is 11.9 Å². The summed E-state index contributed by atoms with van der Waals surface area (Å²) < 4.78 is 5.95. The lowest BCUT2D eigenvalue weighted by Gasteiger charge is -2.30.